The van der Waals surface area contributed by atoms with E-state index in [1.54, 1.807) is 24.3 Å². The first-order valence-corrected chi connectivity index (χ1v) is 11.6. The summed E-state index contributed by atoms with van der Waals surface area (Å²) < 4.78 is 67.8. The molecule has 1 atom stereocenters. The summed E-state index contributed by atoms with van der Waals surface area (Å²) in [6, 6.07) is 8.87. The fourth-order valence-electron chi connectivity index (χ4n) is 3.74. The molecular formula is C21H20F3N5O3S. The zero-order valence-electron chi connectivity index (χ0n) is 17.5. The Morgan fingerprint density at radius 1 is 1.18 bits per heavy atom. The quantitative estimate of drug-likeness (QED) is 0.607. The van der Waals surface area contributed by atoms with Crippen molar-refractivity contribution < 1.29 is 26.4 Å². The van der Waals surface area contributed by atoms with Crippen LogP contribution in [0.25, 0.3) is 5.69 Å². The average Bonchev–Trinajstić information content (AvgIpc) is 3.32. The molecule has 1 amide bonds. The van der Waals surface area contributed by atoms with Crippen LogP contribution in [0, 0.1) is 0 Å². The number of carbonyl (C=O) groups is 1. The molecular weight excluding hydrogens is 459 g/mol. The number of halogens is 3. The number of nitrogens with one attached hydrogen (secondary N) is 1. The molecule has 0 saturated carbocycles. The highest BCUT2D eigenvalue weighted by Crippen LogP contribution is 2.34. The zero-order chi connectivity index (χ0) is 23.8. The first-order valence-electron chi connectivity index (χ1n) is 10.0. The topological polar surface area (TPSA) is 97.2 Å². The van der Waals surface area contributed by atoms with E-state index >= 15 is 0 Å². The summed E-state index contributed by atoms with van der Waals surface area (Å²) in [5, 5.41) is 6.43. The van der Waals surface area contributed by atoms with E-state index in [2.05, 4.69) is 15.4 Å². The Bertz CT molecular complexity index is 1280. The first-order chi connectivity index (χ1) is 15.6. The molecule has 3 aromatic rings. The second-order valence-corrected chi connectivity index (χ2v) is 9.70. The van der Waals surface area contributed by atoms with E-state index in [1.165, 1.54) is 30.3 Å². The van der Waals surface area contributed by atoms with Gasteiger partial charge in [0.2, 0.25) is 15.9 Å². The van der Waals surface area contributed by atoms with Crippen LogP contribution >= 0.6 is 0 Å². The molecule has 0 fully saturated rings. The van der Waals surface area contributed by atoms with Gasteiger partial charge in [-0.25, -0.2) is 18.1 Å². The highest BCUT2D eigenvalue weighted by atomic mass is 32.2. The number of hydrogen-bond donors (Lipinski definition) is 1. The fourth-order valence-corrected chi connectivity index (χ4v) is 4.97. The number of amides is 1. The van der Waals surface area contributed by atoms with Crippen molar-refractivity contribution in [2.45, 2.75) is 32.1 Å². The molecule has 1 unspecified atom stereocenters. The van der Waals surface area contributed by atoms with Crippen molar-refractivity contribution in [1.82, 2.24) is 19.1 Å². The number of anilines is 1. The van der Waals surface area contributed by atoms with Crippen LogP contribution in [0.5, 0.6) is 0 Å². The summed E-state index contributed by atoms with van der Waals surface area (Å²) >= 11 is 0. The molecule has 1 aliphatic heterocycles. The van der Waals surface area contributed by atoms with Crippen LogP contribution in [0.3, 0.4) is 0 Å². The first kappa shape index (κ1) is 22.9. The van der Waals surface area contributed by atoms with Gasteiger partial charge in [-0.3, -0.25) is 4.79 Å². The Kier molecular flexibility index (Phi) is 5.97. The minimum atomic E-state index is -4.64. The van der Waals surface area contributed by atoms with Crippen LogP contribution in [0.15, 0.2) is 55.1 Å². The second-order valence-electron chi connectivity index (χ2n) is 7.49. The maximum atomic E-state index is 13.3. The van der Waals surface area contributed by atoms with Crippen molar-refractivity contribution >= 4 is 21.6 Å². The van der Waals surface area contributed by atoms with Gasteiger partial charge in [0.05, 0.1) is 22.7 Å². The molecule has 2 heterocycles. The Morgan fingerprint density at radius 2 is 1.91 bits per heavy atom. The minimum absolute atomic E-state index is 0.00293. The molecule has 174 valence electrons. The van der Waals surface area contributed by atoms with Crippen molar-refractivity contribution in [3.05, 3.63) is 71.8 Å². The van der Waals surface area contributed by atoms with Crippen molar-refractivity contribution in [3.63, 3.8) is 0 Å². The van der Waals surface area contributed by atoms with Gasteiger partial charge < -0.3 is 5.32 Å². The number of benzene rings is 2. The summed E-state index contributed by atoms with van der Waals surface area (Å²) in [6.07, 6.45) is -2.06. The summed E-state index contributed by atoms with van der Waals surface area (Å²) in [5.41, 5.74) is 0.623. The molecule has 1 aliphatic rings. The Morgan fingerprint density at radius 3 is 2.55 bits per heavy atom. The number of aromatic nitrogens is 3. The van der Waals surface area contributed by atoms with Gasteiger partial charge in [-0.1, -0.05) is 24.3 Å². The molecule has 0 radical (unpaired) electrons. The highest BCUT2D eigenvalue weighted by molar-refractivity contribution is 7.89. The fraction of sp³-hybridized carbons (Fsp3) is 0.286. The van der Waals surface area contributed by atoms with E-state index < -0.39 is 33.7 Å². The predicted octanol–water partition coefficient (Wildman–Crippen LogP) is 3.00. The van der Waals surface area contributed by atoms with Gasteiger partial charge in [0.1, 0.15) is 18.7 Å². The summed E-state index contributed by atoms with van der Waals surface area (Å²) in [5.74, 6) is -0.950. The molecule has 33 heavy (non-hydrogen) atoms. The van der Waals surface area contributed by atoms with Crippen LogP contribution in [0.4, 0.5) is 18.9 Å². The number of nitrogens with zero attached hydrogens (tertiary/aromatic N) is 4. The van der Waals surface area contributed by atoms with Crippen LogP contribution in [-0.4, -0.2) is 45.2 Å². The van der Waals surface area contributed by atoms with Crippen molar-refractivity contribution in [3.8, 4) is 5.69 Å². The van der Waals surface area contributed by atoms with Gasteiger partial charge in [-0.05, 0) is 42.7 Å². The van der Waals surface area contributed by atoms with Crippen LogP contribution < -0.4 is 5.32 Å². The number of hydrogen-bond acceptors (Lipinski definition) is 5. The lowest BCUT2D eigenvalue weighted by Crippen LogP contribution is -2.51. The highest BCUT2D eigenvalue weighted by Gasteiger charge is 2.38. The maximum Gasteiger partial charge on any atom is 0.416 e. The van der Waals surface area contributed by atoms with Gasteiger partial charge >= 0.3 is 6.18 Å². The third-order valence-corrected chi connectivity index (χ3v) is 7.31. The van der Waals surface area contributed by atoms with E-state index in [9.17, 15) is 26.4 Å². The summed E-state index contributed by atoms with van der Waals surface area (Å²) in [6.45, 7) is 1.48. The van der Waals surface area contributed by atoms with E-state index in [1.807, 2.05) is 0 Å². The predicted molar refractivity (Wildman–Crippen MR) is 114 cm³/mol. The lowest BCUT2D eigenvalue weighted by Gasteiger charge is -2.35. The monoisotopic (exact) mass is 479 g/mol. The SMILES string of the molecule is CCS(=O)(=O)N1Cc2ccccc2CC1C(=O)Nc1cc(C(F)(F)F)ccc1-n1cncn1. The van der Waals surface area contributed by atoms with Crippen molar-refractivity contribution in [2.75, 3.05) is 11.1 Å². The molecule has 0 spiro atoms. The van der Waals surface area contributed by atoms with Crippen LogP contribution in [-0.2, 0) is 34.0 Å². The second kappa shape index (κ2) is 8.60. The average molecular weight is 479 g/mol. The Hall–Kier alpha value is -3.25. The smallest absolute Gasteiger partial charge is 0.323 e. The van der Waals surface area contributed by atoms with Crippen molar-refractivity contribution in [2.24, 2.45) is 0 Å². The molecule has 0 saturated heterocycles. The van der Waals surface area contributed by atoms with Crippen LogP contribution in [0.1, 0.15) is 23.6 Å². The molecule has 1 aromatic heterocycles. The molecule has 8 nitrogen and oxygen atoms in total. The van der Waals surface area contributed by atoms with Gasteiger partial charge in [-0.15, -0.1) is 0 Å². The molecule has 0 bridgehead atoms. The van der Waals surface area contributed by atoms with Gasteiger partial charge in [-0.2, -0.15) is 22.6 Å². The number of fused-ring (bicyclic) bond motifs is 1. The number of carbonyl (C=O) groups excluding carboxylic acids is 1. The third kappa shape index (κ3) is 4.62. The lowest BCUT2D eigenvalue weighted by molar-refractivity contribution is -0.137. The summed E-state index contributed by atoms with van der Waals surface area (Å²) in [7, 11) is -3.77. The molecule has 2 aromatic carbocycles. The van der Waals surface area contributed by atoms with Crippen molar-refractivity contribution in [1.29, 1.82) is 0 Å². The van der Waals surface area contributed by atoms with E-state index in [-0.39, 0.29) is 30.1 Å². The van der Waals surface area contributed by atoms with Gasteiger partial charge in [0, 0.05) is 6.54 Å². The maximum absolute atomic E-state index is 13.3. The molecule has 12 heteroatoms. The molecule has 0 aliphatic carbocycles. The standard InChI is InChI=1S/C21H20F3N5O3S/c1-2-33(31,32)29-11-15-6-4-3-5-14(15)9-19(29)20(30)27-17-10-16(21(22,23)24)7-8-18(17)28-13-25-12-26-28/h3-8,10,12-13,19H,2,9,11H2,1H3,(H,27,30). The number of alkyl halides is 3. The van der Waals surface area contributed by atoms with Crippen LogP contribution in [0.2, 0.25) is 0 Å². The van der Waals surface area contributed by atoms with Gasteiger partial charge in [0.15, 0.2) is 0 Å². The Labute approximate surface area is 188 Å². The van der Waals surface area contributed by atoms with Gasteiger partial charge in [0.25, 0.3) is 0 Å². The third-order valence-electron chi connectivity index (χ3n) is 5.48. The molecule has 1 N–H and O–H groups in total. The van der Waals surface area contributed by atoms with E-state index in [4.69, 9.17) is 0 Å². The molecule has 4 rings (SSSR count). The number of rotatable bonds is 5. The Balaban J connectivity index is 1.73. The largest absolute Gasteiger partial charge is 0.416 e. The zero-order valence-corrected chi connectivity index (χ0v) is 18.3. The lowest BCUT2D eigenvalue weighted by atomic mass is 9.95. The summed E-state index contributed by atoms with van der Waals surface area (Å²) in [4.78, 5) is 17.1. The normalized spacial score (nSPS) is 16.9. The van der Waals surface area contributed by atoms with E-state index in [0.717, 1.165) is 27.6 Å². The van der Waals surface area contributed by atoms with E-state index in [0.29, 0.717) is 0 Å². The number of sulfonamides is 1. The minimum Gasteiger partial charge on any atom is -0.323 e.